The molecule has 0 aromatic heterocycles. The Morgan fingerprint density at radius 2 is 1.29 bits per heavy atom. The zero-order valence-corrected chi connectivity index (χ0v) is 23.3. The molecule has 169 valence electrons. The Labute approximate surface area is 234 Å². The van der Waals surface area contributed by atoms with Gasteiger partial charge in [0, 0.05) is 0 Å². The van der Waals surface area contributed by atoms with Crippen molar-refractivity contribution in [3.8, 4) is 11.1 Å². The van der Waals surface area contributed by atoms with Crippen LogP contribution in [0.25, 0.3) is 25.6 Å². The van der Waals surface area contributed by atoms with Gasteiger partial charge in [0.25, 0.3) is 0 Å². The van der Waals surface area contributed by atoms with E-state index in [2.05, 4.69) is 116 Å². The number of hydrogen-bond donors (Lipinski definition) is 0. The second-order valence-corrected chi connectivity index (χ2v) is 9.93. The van der Waals surface area contributed by atoms with E-state index < -0.39 is 0 Å². The standard InChI is InChI=1S/C32H23.2ClH.Zr/c1-22-28(32(24-12-4-2-5-13-24)25-14-6-3-7-15-25)21-29-27-19-11-10-18-26(27)20-30(29)31(22)23-16-8-9-17-23;;;/h2-16,18-19,21H,17H2,1H3;2*1H;/q;;;+2/p-2. The predicted molar refractivity (Wildman–Crippen MR) is 135 cm³/mol. The van der Waals surface area contributed by atoms with Crippen molar-refractivity contribution in [1.82, 2.24) is 0 Å². The number of benzene rings is 4. The van der Waals surface area contributed by atoms with E-state index in [1.165, 1.54) is 88.5 Å². The minimum absolute atomic E-state index is 0. The molecule has 3 heteroatoms. The molecule has 0 heterocycles. The third-order valence-corrected chi connectivity index (χ3v) is 8.09. The normalized spacial score (nSPS) is 12.9. The van der Waals surface area contributed by atoms with Crippen LogP contribution in [0, 0.1) is 6.92 Å². The summed E-state index contributed by atoms with van der Waals surface area (Å²) in [5, 5.41) is 2.78. The summed E-state index contributed by atoms with van der Waals surface area (Å²) in [6.45, 7) is 2.32. The van der Waals surface area contributed by atoms with E-state index in [0.29, 0.717) is 0 Å². The summed E-state index contributed by atoms with van der Waals surface area (Å²) < 4.78 is 1.48. The van der Waals surface area contributed by atoms with Crippen LogP contribution in [0.3, 0.4) is 0 Å². The van der Waals surface area contributed by atoms with Gasteiger partial charge in [-0.05, 0) is 0 Å². The van der Waals surface area contributed by atoms with Crippen molar-refractivity contribution < 1.29 is 49.5 Å². The van der Waals surface area contributed by atoms with E-state index in [0.717, 1.165) is 6.42 Å². The molecular weight excluding hydrogens is 546 g/mol. The number of rotatable bonds is 3. The molecule has 2 aliphatic carbocycles. The van der Waals surface area contributed by atoms with Crippen LogP contribution in [0.4, 0.5) is 0 Å². The van der Waals surface area contributed by atoms with Crippen molar-refractivity contribution in [2.75, 3.05) is 0 Å². The molecule has 0 unspecified atom stereocenters. The van der Waals surface area contributed by atoms with Crippen molar-refractivity contribution in [3.63, 3.8) is 0 Å². The fraction of sp³-hybridized carbons (Fsp3) is 0.0625. The van der Waals surface area contributed by atoms with Crippen LogP contribution in [0.5, 0.6) is 0 Å². The molecule has 0 bridgehead atoms. The molecular formula is C32H23Cl2Zr. The average Bonchev–Trinajstić information content (AvgIpc) is 3.49. The van der Waals surface area contributed by atoms with Crippen molar-refractivity contribution >= 4 is 14.4 Å². The quantitative estimate of drug-likeness (QED) is 0.333. The van der Waals surface area contributed by atoms with Gasteiger partial charge in [-0.3, -0.25) is 0 Å². The van der Waals surface area contributed by atoms with Crippen LogP contribution in [0.15, 0.2) is 109 Å². The minimum atomic E-state index is 0. The van der Waals surface area contributed by atoms with Crippen LogP contribution < -0.4 is 35.3 Å². The smallest absolute Gasteiger partial charge is 1.00 e. The number of fused-ring (bicyclic) bond motifs is 3. The van der Waals surface area contributed by atoms with Gasteiger partial charge in [-0.2, -0.15) is 0 Å². The van der Waals surface area contributed by atoms with Crippen LogP contribution in [-0.4, -0.2) is 0 Å². The molecule has 0 radical (unpaired) electrons. The third-order valence-electron chi connectivity index (χ3n) is 6.81. The second-order valence-electron chi connectivity index (χ2n) is 8.70. The maximum atomic E-state index is 2.46. The van der Waals surface area contributed by atoms with Crippen molar-refractivity contribution in [1.29, 1.82) is 0 Å². The maximum absolute atomic E-state index is 2.46. The van der Waals surface area contributed by atoms with Crippen LogP contribution in [-0.2, 0) is 24.7 Å². The predicted octanol–water partition coefficient (Wildman–Crippen LogP) is 0.277. The fourth-order valence-electron chi connectivity index (χ4n) is 5.31. The summed E-state index contributed by atoms with van der Waals surface area (Å²) in [4.78, 5) is 0. The summed E-state index contributed by atoms with van der Waals surface area (Å²) in [5.74, 6) is 0. The van der Waals surface area contributed by atoms with Crippen molar-refractivity contribution in [2.24, 2.45) is 0 Å². The average molecular weight is 570 g/mol. The molecule has 0 saturated carbocycles. The van der Waals surface area contributed by atoms with Crippen LogP contribution in [0.1, 0.15) is 34.2 Å². The van der Waals surface area contributed by atoms with Gasteiger partial charge in [-0.1, -0.05) is 0 Å². The SMILES string of the molecule is Cc1c(C2=CC=CC2)c2c(cc1=C(c1ccccc1)c1ccccc1)-c1ccccc1[C]=2[Zr+2].[Cl-].[Cl-]. The second kappa shape index (κ2) is 10.7. The molecule has 35 heavy (non-hydrogen) atoms. The van der Waals surface area contributed by atoms with Crippen LogP contribution >= 0.6 is 0 Å². The molecule has 4 aromatic rings. The molecule has 0 spiro atoms. The monoisotopic (exact) mass is 567 g/mol. The van der Waals surface area contributed by atoms with Crippen LogP contribution in [0.2, 0.25) is 0 Å². The van der Waals surface area contributed by atoms with Gasteiger partial charge in [0.1, 0.15) is 0 Å². The van der Waals surface area contributed by atoms with Gasteiger partial charge in [0.2, 0.25) is 0 Å². The van der Waals surface area contributed by atoms with Crippen molar-refractivity contribution in [3.05, 3.63) is 147 Å². The minimum Gasteiger partial charge on any atom is -1.00 e. The summed E-state index contributed by atoms with van der Waals surface area (Å²) in [6.07, 6.45) is 7.79. The molecule has 6 rings (SSSR count). The first kappa shape index (κ1) is 25.6. The fourth-order valence-corrected chi connectivity index (χ4v) is 6.48. The van der Waals surface area contributed by atoms with E-state index in [1.807, 2.05) is 0 Å². The van der Waals surface area contributed by atoms with Gasteiger partial charge in [0.15, 0.2) is 0 Å². The zero-order valence-electron chi connectivity index (χ0n) is 19.4. The van der Waals surface area contributed by atoms with E-state index in [1.54, 1.807) is 0 Å². The third kappa shape index (κ3) is 4.36. The molecule has 0 saturated heterocycles. The summed E-state index contributed by atoms with van der Waals surface area (Å²) in [5.41, 5.74) is 12.2. The molecule has 0 atom stereocenters. The molecule has 0 N–H and O–H groups in total. The first-order chi connectivity index (χ1) is 16.2. The Hall–Kier alpha value is -2.44. The van der Waals surface area contributed by atoms with E-state index in [9.17, 15) is 0 Å². The first-order valence-electron chi connectivity index (χ1n) is 11.4. The Bertz CT molecular complexity index is 1540. The Morgan fingerprint density at radius 3 is 1.86 bits per heavy atom. The van der Waals surface area contributed by atoms with Gasteiger partial charge >= 0.3 is 211 Å². The summed E-state index contributed by atoms with van der Waals surface area (Å²) in [7, 11) is 0. The van der Waals surface area contributed by atoms with Gasteiger partial charge in [-0.15, -0.1) is 0 Å². The summed E-state index contributed by atoms with van der Waals surface area (Å²) in [6, 6.07) is 33.1. The number of hydrogen-bond acceptors (Lipinski definition) is 0. The Balaban J connectivity index is 0.00000144. The molecule has 4 aromatic carbocycles. The summed E-state index contributed by atoms with van der Waals surface area (Å²) >= 11 is 1.47. The topological polar surface area (TPSA) is 0 Å². The molecule has 0 aliphatic heterocycles. The van der Waals surface area contributed by atoms with Crippen molar-refractivity contribution in [2.45, 2.75) is 13.3 Å². The van der Waals surface area contributed by atoms with E-state index in [-0.39, 0.29) is 24.8 Å². The van der Waals surface area contributed by atoms with Gasteiger partial charge in [0.05, 0.1) is 0 Å². The molecule has 0 fully saturated rings. The molecule has 0 nitrogen and oxygen atoms in total. The van der Waals surface area contributed by atoms with E-state index in [4.69, 9.17) is 0 Å². The first-order valence-corrected chi connectivity index (χ1v) is 12.7. The van der Waals surface area contributed by atoms with Gasteiger partial charge < -0.3 is 24.8 Å². The Morgan fingerprint density at radius 1 is 0.714 bits per heavy atom. The Kier molecular flexibility index (Phi) is 7.82. The largest absolute Gasteiger partial charge is 1.00 e. The zero-order chi connectivity index (χ0) is 22.4. The number of allylic oxidation sites excluding steroid dienone is 4. The van der Waals surface area contributed by atoms with E-state index >= 15 is 0 Å². The van der Waals surface area contributed by atoms with Gasteiger partial charge in [-0.25, -0.2) is 0 Å². The molecule has 0 amide bonds. The maximum Gasteiger partial charge on any atom is -1.00 e. The molecule has 2 aliphatic rings. The number of halogens is 2.